The van der Waals surface area contributed by atoms with Crippen molar-refractivity contribution in [3.63, 3.8) is 0 Å². The number of oxazole rings is 1. The Morgan fingerprint density at radius 1 is 0.946 bits per heavy atom. The molecule has 4 aromatic carbocycles. The van der Waals surface area contributed by atoms with Crippen LogP contribution in [-0.4, -0.2) is 72.4 Å². The van der Waals surface area contributed by atoms with E-state index >= 15 is 0 Å². The minimum Gasteiger partial charge on any atom is -0.496 e. The Kier molecular flexibility index (Phi) is 11.0. The van der Waals surface area contributed by atoms with E-state index in [9.17, 15) is 28.3 Å². The van der Waals surface area contributed by atoms with E-state index in [0.29, 0.717) is 66.5 Å². The Morgan fingerprint density at radius 3 is 2.34 bits per heavy atom. The van der Waals surface area contributed by atoms with Crippen molar-refractivity contribution in [2.45, 2.75) is 52.1 Å². The molecule has 2 fully saturated rings. The molecule has 12 heteroatoms. The summed E-state index contributed by atoms with van der Waals surface area (Å²) in [6.07, 6.45) is -0.608. The van der Waals surface area contributed by atoms with E-state index in [1.807, 2.05) is 61.2 Å². The number of β-amino-alcohol motifs (C(OH)–C–C–N with tert-alkyl or cyclic N) is 1. The molecule has 1 aromatic heterocycles. The molecule has 0 aliphatic carbocycles. The van der Waals surface area contributed by atoms with Gasteiger partial charge in [0.15, 0.2) is 5.58 Å². The van der Waals surface area contributed by atoms with Gasteiger partial charge in [-0.1, -0.05) is 42.5 Å². The summed E-state index contributed by atoms with van der Waals surface area (Å²) in [5.41, 5.74) is 6.93. The maximum absolute atomic E-state index is 14.4. The number of aliphatic hydroxyl groups is 1. The fourth-order valence-corrected chi connectivity index (χ4v) is 7.97. The van der Waals surface area contributed by atoms with E-state index < -0.39 is 17.8 Å². The number of alkyl halides is 3. The number of aromatic nitrogens is 1. The van der Waals surface area contributed by atoms with Crippen LogP contribution >= 0.6 is 0 Å². The molecular formula is C44H43F3N4O5. The summed E-state index contributed by atoms with van der Waals surface area (Å²) in [6, 6.07) is 20.1. The van der Waals surface area contributed by atoms with Gasteiger partial charge in [-0.2, -0.15) is 18.4 Å². The maximum Gasteiger partial charge on any atom is 0.417 e. The monoisotopic (exact) mass is 764 g/mol. The van der Waals surface area contributed by atoms with Crippen molar-refractivity contribution in [3.05, 3.63) is 105 Å². The lowest BCUT2D eigenvalue weighted by Crippen LogP contribution is -2.23. The van der Waals surface area contributed by atoms with Crippen molar-refractivity contribution in [3.8, 4) is 34.4 Å². The third-order valence-electron chi connectivity index (χ3n) is 11.0. The first-order valence-electron chi connectivity index (χ1n) is 18.6. The molecule has 0 unspecified atom stereocenters. The van der Waals surface area contributed by atoms with Crippen molar-refractivity contribution in [1.82, 2.24) is 14.8 Å². The molecule has 0 bridgehead atoms. The standard InChI is InChI=1S/C44H43F3N4O5/c1-26-29(11-12-30-20-40(54-3)33(19-38(30)44(45,46)47)24-51-16-14-34(52)25-51)7-5-8-35(26)36-9-6-10-37(27(36)2)42-49-39-18-28(17-32(21-48)41(39)56-42)22-50-15-13-31(23-50)43(53)55-4/h5-12,17-20,31,34,52H,13-16,22-25H2,1-4H3/b12-11+/t31-,34-/m1/s1. The van der Waals surface area contributed by atoms with E-state index in [2.05, 4.69) is 11.0 Å². The molecule has 7 rings (SSSR count). The van der Waals surface area contributed by atoms with E-state index in [1.54, 1.807) is 12.1 Å². The summed E-state index contributed by atoms with van der Waals surface area (Å²) in [7, 11) is 2.85. The van der Waals surface area contributed by atoms with E-state index in [4.69, 9.17) is 18.9 Å². The number of nitriles is 1. The maximum atomic E-state index is 14.4. The number of methoxy groups -OCH3 is 2. The number of hydrogen-bond acceptors (Lipinski definition) is 9. The van der Waals surface area contributed by atoms with Gasteiger partial charge < -0.3 is 19.0 Å². The lowest BCUT2D eigenvalue weighted by molar-refractivity contribution is -0.145. The molecule has 9 nitrogen and oxygen atoms in total. The highest BCUT2D eigenvalue weighted by atomic mass is 19.4. The van der Waals surface area contributed by atoms with E-state index in [1.165, 1.54) is 26.4 Å². The lowest BCUT2D eigenvalue weighted by Gasteiger charge is -2.20. The fourth-order valence-electron chi connectivity index (χ4n) is 7.97. The Bertz CT molecular complexity index is 2360. The van der Waals surface area contributed by atoms with Crippen molar-refractivity contribution in [1.29, 1.82) is 5.26 Å². The van der Waals surface area contributed by atoms with Crippen LogP contribution in [-0.2, 0) is 28.8 Å². The van der Waals surface area contributed by atoms with Gasteiger partial charge in [-0.25, -0.2) is 4.98 Å². The van der Waals surface area contributed by atoms with Gasteiger partial charge in [-0.05, 0) is 103 Å². The Labute approximate surface area is 323 Å². The Hall–Kier alpha value is -5.48. The molecule has 2 aliphatic heterocycles. The summed E-state index contributed by atoms with van der Waals surface area (Å²) in [5.74, 6) is 0.344. The normalized spacial score (nSPS) is 17.9. The van der Waals surface area contributed by atoms with Crippen LogP contribution in [0.15, 0.2) is 65.1 Å². The number of carbonyl (C=O) groups is 1. The van der Waals surface area contributed by atoms with Gasteiger partial charge in [0.1, 0.15) is 17.3 Å². The first-order valence-corrected chi connectivity index (χ1v) is 18.6. The molecular weight excluding hydrogens is 722 g/mol. The Balaban J connectivity index is 1.18. The number of likely N-dealkylation sites (tertiary alicyclic amines) is 2. The second-order valence-corrected chi connectivity index (χ2v) is 14.6. The molecule has 0 amide bonds. The van der Waals surface area contributed by atoms with Crippen molar-refractivity contribution < 1.29 is 37.0 Å². The fraction of sp³-hybridized carbons (Fsp3) is 0.341. The molecule has 2 atom stereocenters. The van der Waals surface area contributed by atoms with Crippen molar-refractivity contribution >= 4 is 29.2 Å². The zero-order valence-electron chi connectivity index (χ0n) is 31.7. The molecule has 2 aliphatic rings. The average molecular weight is 765 g/mol. The number of aliphatic hydroxyl groups excluding tert-OH is 1. The molecule has 1 N–H and O–H groups in total. The van der Waals surface area contributed by atoms with Gasteiger partial charge in [0.05, 0.1) is 37.4 Å². The summed E-state index contributed by atoms with van der Waals surface area (Å²) < 4.78 is 60.0. The van der Waals surface area contributed by atoms with Gasteiger partial charge in [0, 0.05) is 43.9 Å². The summed E-state index contributed by atoms with van der Waals surface area (Å²) in [6.45, 7) is 7.04. The predicted molar refractivity (Wildman–Crippen MR) is 207 cm³/mol. The van der Waals surface area contributed by atoms with Crippen molar-refractivity contribution in [2.24, 2.45) is 5.92 Å². The number of halogens is 3. The number of ether oxygens (including phenoxy) is 2. The second-order valence-electron chi connectivity index (χ2n) is 14.6. The molecule has 0 radical (unpaired) electrons. The third-order valence-corrected chi connectivity index (χ3v) is 11.0. The highest BCUT2D eigenvalue weighted by molar-refractivity contribution is 5.86. The SMILES string of the molecule is COC(=O)[C@@H]1CCN(Cc2cc(C#N)c3oc(-c4cccc(-c5cccc(/C=C/c6cc(OC)c(CN7CC[C@@H](O)C7)cc6C(F)(F)F)c5C)c4C)nc3c2)C1. The van der Waals surface area contributed by atoms with Gasteiger partial charge in [-0.3, -0.25) is 14.6 Å². The van der Waals surface area contributed by atoms with Crippen LogP contribution in [0.3, 0.4) is 0 Å². The van der Waals surface area contributed by atoms with Crippen LogP contribution in [0.25, 0.3) is 45.8 Å². The number of hydrogen-bond donors (Lipinski definition) is 1. The quantitative estimate of drug-likeness (QED) is 0.111. The first-order chi connectivity index (χ1) is 26.9. The van der Waals surface area contributed by atoms with Crippen LogP contribution in [0, 0.1) is 31.1 Å². The van der Waals surface area contributed by atoms with Gasteiger partial charge >= 0.3 is 12.1 Å². The lowest BCUT2D eigenvalue weighted by atomic mass is 9.91. The summed E-state index contributed by atoms with van der Waals surface area (Å²) in [5, 5.41) is 20.0. The van der Waals surface area contributed by atoms with Crippen LogP contribution in [0.5, 0.6) is 5.75 Å². The van der Waals surface area contributed by atoms with Crippen molar-refractivity contribution in [2.75, 3.05) is 40.4 Å². The second kappa shape index (κ2) is 15.9. The number of rotatable bonds is 10. The third kappa shape index (κ3) is 7.93. The zero-order chi connectivity index (χ0) is 39.7. The molecule has 0 saturated carbocycles. The molecule has 5 aromatic rings. The number of carbonyl (C=O) groups excluding carboxylic acids is 1. The predicted octanol–water partition coefficient (Wildman–Crippen LogP) is 8.41. The smallest absolute Gasteiger partial charge is 0.417 e. The van der Waals surface area contributed by atoms with Crippen LogP contribution < -0.4 is 4.74 Å². The molecule has 2 saturated heterocycles. The van der Waals surface area contributed by atoms with Gasteiger partial charge in [0.25, 0.3) is 0 Å². The average Bonchev–Trinajstić information content (AvgIpc) is 3.94. The van der Waals surface area contributed by atoms with Crippen LogP contribution in [0.2, 0.25) is 0 Å². The summed E-state index contributed by atoms with van der Waals surface area (Å²) in [4.78, 5) is 21.0. The van der Waals surface area contributed by atoms with Gasteiger partial charge in [0.2, 0.25) is 5.89 Å². The van der Waals surface area contributed by atoms with Crippen LogP contribution in [0.1, 0.15) is 57.3 Å². The molecule has 56 heavy (non-hydrogen) atoms. The highest BCUT2D eigenvalue weighted by Crippen LogP contribution is 2.39. The topological polar surface area (TPSA) is 112 Å². The molecule has 290 valence electrons. The minimum atomic E-state index is -4.59. The minimum absolute atomic E-state index is 0.00999. The van der Waals surface area contributed by atoms with E-state index in [-0.39, 0.29) is 24.0 Å². The number of benzene rings is 4. The Morgan fingerprint density at radius 2 is 1.64 bits per heavy atom. The first kappa shape index (κ1) is 38.8. The van der Waals surface area contributed by atoms with Gasteiger partial charge in [-0.15, -0.1) is 0 Å². The molecule has 3 heterocycles. The largest absolute Gasteiger partial charge is 0.496 e. The summed E-state index contributed by atoms with van der Waals surface area (Å²) >= 11 is 0. The number of esters is 1. The highest BCUT2D eigenvalue weighted by Gasteiger charge is 2.35. The zero-order valence-corrected chi connectivity index (χ0v) is 31.7. The number of nitrogens with zero attached hydrogens (tertiary/aromatic N) is 4. The van der Waals surface area contributed by atoms with E-state index in [0.717, 1.165) is 58.0 Å². The number of fused-ring (bicyclic) bond motifs is 1. The van der Waals surface area contributed by atoms with Crippen LogP contribution in [0.4, 0.5) is 13.2 Å². The molecule has 0 spiro atoms.